The lowest BCUT2D eigenvalue weighted by molar-refractivity contribution is -0.503. The van der Waals surface area contributed by atoms with Crippen LogP contribution in [0.2, 0.25) is 0 Å². The second kappa shape index (κ2) is 27.4. The molecule has 82 heteroatoms. The van der Waals surface area contributed by atoms with Crippen molar-refractivity contribution in [3.05, 3.63) is 0 Å². The van der Waals surface area contributed by atoms with Gasteiger partial charge < -0.3 is 0 Å². The quantitative estimate of drug-likeness (QED) is 0.0544. The van der Waals surface area contributed by atoms with Crippen molar-refractivity contribution in [2.75, 3.05) is 0 Å². The maximum absolute atomic E-state index is 14.4. The van der Waals surface area contributed by atoms with E-state index in [0.29, 0.717) is 0 Å². The Morgan fingerprint density at radius 3 is 0.0902 bits per heavy atom. The van der Waals surface area contributed by atoms with Gasteiger partial charge in [0.25, 0.3) is 0 Å². The second-order valence-electron chi connectivity index (χ2n) is 22.8. The third-order valence-corrected chi connectivity index (χ3v) is 15.3. The van der Waals surface area contributed by atoms with Crippen molar-refractivity contribution < 1.29 is 360 Å². The molecule has 0 nitrogen and oxygen atoms in total. The molecule has 0 N–H and O–H groups in total. The zero-order valence-electron chi connectivity index (χ0n) is 51.0. The minimum Gasteiger partial charge on any atom is -0.192 e. The molecule has 0 radical (unpaired) electrons. The largest absolute Gasteiger partial charge is 0.460 e. The third kappa shape index (κ3) is 12.3. The molecule has 0 bridgehead atoms. The Kier molecular flexibility index (Phi) is 26.1. The van der Waals surface area contributed by atoms with E-state index < -0.39 is 237 Å². The molecule has 122 heavy (non-hydrogen) atoms. The van der Waals surface area contributed by atoms with Gasteiger partial charge in [-0.1, -0.05) is 0 Å². The van der Waals surface area contributed by atoms with Gasteiger partial charge in [-0.15, -0.1) is 0 Å². The predicted octanol–water partition coefficient (Wildman–Crippen LogP) is 26.3. The SMILES string of the molecule is FC(F)(F)C(F)(F)C(F)(F)C(F)(F)C(F)(F)C(F)(F)C(F)(F)C(F)(F)C(F)(F)C(F)(F)C(F)(F)C(F)(F)C(F)(F)C(F)(F)C(F)(F)C(F)(F)C(F)(F)C(F)(F)C(F)(F)C(F)(F)C(F)(F)C(F)(F)C(F)(F)C(F)(F)C(F)(F)C(F)(F)C(F)(F)C(F)(F)C(F)(F)C(F)(F)C(F)(F)C(F)(F)C(F)(F)C(F)(F)C(F)(F)C(F)(F)C(F)(F)C(F)(F)C(F)(F)C(F)(F)F. The van der Waals surface area contributed by atoms with Crippen LogP contribution in [0.1, 0.15) is 0 Å². The molecule has 0 aromatic rings. The molecule has 0 saturated heterocycles. The van der Waals surface area contributed by atoms with Gasteiger partial charge in [0.2, 0.25) is 0 Å². The van der Waals surface area contributed by atoms with Crippen LogP contribution in [-0.4, -0.2) is 237 Å². The molecular formula is C40F82. The normalized spacial score (nSPS) is 17.8. The molecule has 0 aliphatic heterocycles. The zero-order chi connectivity index (χ0) is 102. The lowest BCUT2D eigenvalue weighted by Crippen LogP contribution is -2.82. The van der Waals surface area contributed by atoms with Gasteiger partial charge in [-0.05, 0) is 0 Å². The lowest BCUT2D eigenvalue weighted by Gasteiger charge is -2.48. The average Bonchev–Trinajstić information content (AvgIpc) is 0.673. The van der Waals surface area contributed by atoms with Crippen LogP contribution in [0.5, 0.6) is 0 Å². The fraction of sp³-hybridized carbons (Fsp3) is 1.00. The maximum atomic E-state index is 14.4. The number of rotatable bonds is 37. The van der Waals surface area contributed by atoms with Gasteiger partial charge in [0.1, 0.15) is 0 Å². The summed E-state index contributed by atoms with van der Waals surface area (Å²) in [5, 5.41) is 0. The van der Waals surface area contributed by atoms with Gasteiger partial charge in [-0.2, -0.15) is 360 Å². The molecule has 0 amide bonds. The van der Waals surface area contributed by atoms with Crippen LogP contribution in [0.4, 0.5) is 360 Å². The molecule has 0 aromatic heterocycles. The minimum atomic E-state index is -11.6. The van der Waals surface area contributed by atoms with Gasteiger partial charge in [0.05, 0.1) is 0 Å². The van der Waals surface area contributed by atoms with Crippen LogP contribution in [0.25, 0.3) is 0 Å². The summed E-state index contributed by atoms with van der Waals surface area (Å²) >= 11 is 0. The highest BCUT2D eigenvalue weighted by Gasteiger charge is 3.09. The van der Waals surface area contributed by atoms with Crippen molar-refractivity contribution in [2.45, 2.75) is 237 Å². The standard InChI is InChI=1S/C40F82/c41-1(42,3(45,46)5(49,50)7(53,54)9(57,58)11(61,62)13(65,66)15(69,70)17(73,74)19(77,78)21(81,82)23(85,86)25(89,90)27(93,94)29(97,98)31(101,102)33(105,106)35(109,110)37(113,114)39(117,118)119)2(43,44)4(47,48)6(51,52)8(55,56)10(59,60)12(63,64)14(67,68)16(71,72)18(75,76)20(79,80)22(83,84)24(87,88)26(91,92)28(95,96)30(99,100)32(103,104)34(107,108)36(111,112)38(115,116)40(120,121)122. The molecular weight excluding hydrogens is 2040 g/mol. The number of hydrogen-bond donors (Lipinski definition) is 0. The molecule has 0 aliphatic carbocycles. The number of halogens is 82. The fourth-order valence-electron chi connectivity index (χ4n) is 7.45. The molecule has 734 valence electrons. The van der Waals surface area contributed by atoms with Crippen LogP contribution in [0, 0.1) is 0 Å². The zero-order valence-corrected chi connectivity index (χ0v) is 51.0. The van der Waals surface area contributed by atoms with Crippen molar-refractivity contribution in [1.82, 2.24) is 0 Å². The monoisotopic (exact) mass is 2040 g/mol. The molecule has 0 atom stereocenters. The first-order valence-electron chi connectivity index (χ1n) is 25.2. The van der Waals surface area contributed by atoms with E-state index in [1.165, 1.54) is 0 Å². The summed E-state index contributed by atoms with van der Waals surface area (Å²) in [7, 11) is 0. The summed E-state index contributed by atoms with van der Waals surface area (Å²) in [4.78, 5) is 0. The summed E-state index contributed by atoms with van der Waals surface area (Å²) in [6.07, 6.45) is -17.6. The number of alkyl halides is 82. The van der Waals surface area contributed by atoms with Crippen LogP contribution < -0.4 is 0 Å². The summed E-state index contributed by atoms with van der Waals surface area (Å²) in [6.45, 7) is 0. The van der Waals surface area contributed by atoms with Crippen molar-refractivity contribution in [3.8, 4) is 0 Å². The summed E-state index contributed by atoms with van der Waals surface area (Å²) in [5.74, 6) is -421. The Morgan fingerprint density at radius 1 is 0.0410 bits per heavy atom. The molecule has 0 aromatic carbocycles. The van der Waals surface area contributed by atoms with Gasteiger partial charge in [0.15, 0.2) is 0 Å². The molecule has 0 unspecified atom stereocenters. The maximum Gasteiger partial charge on any atom is 0.460 e. The Labute approximate surface area is 599 Å². The first kappa shape index (κ1) is 116. The first-order chi connectivity index (χ1) is 50.8. The molecule has 0 fully saturated rings. The van der Waals surface area contributed by atoms with Crippen LogP contribution >= 0.6 is 0 Å². The highest BCUT2D eigenvalue weighted by atomic mass is 19.5. The summed E-state index contributed by atoms with van der Waals surface area (Å²) in [5.41, 5.74) is 0. The molecule has 0 saturated carbocycles. The average molecular weight is 2040 g/mol. The first-order valence-corrected chi connectivity index (χ1v) is 25.2. The van der Waals surface area contributed by atoms with Crippen molar-refractivity contribution in [1.29, 1.82) is 0 Å². The molecule has 0 rings (SSSR count). The van der Waals surface area contributed by atoms with E-state index >= 15 is 0 Å². The highest BCUT2D eigenvalue weighted by Crippen LogP contribution is 2.77. The van der Waals surface area contributed by atoms with Crippen LogP contribution in [-0.2, 0) is 0 Å². The second-order valence-corrected chi connectivity index (χ2v) is 22.8. The molecule has 0 aliphatic rings. The van der Waals surface area contributed by atoms with Crippen molar-refractivity contribution in [3.63, 3.8) is 0 Å². The Morgan fingerprint density at radius 2 is 0.0656 bits per heavy atom. The smallest absolute Gasteiger partial charge is 0.192 e. The molecule has 0 spiro atoms. The highest BCUT2D eigenvalue weighted by molar-refractivity contribution is 5.28. The van der Waals surface area contributed by atoms with Crippen molar-refractivity contribution in [2.24, 2.45) is 0 Å². The Balaban J connectivity index is 8.62. The number of hydrogen-bond acceptors (Lipinski definition) is 0. The predicted molar refractivity (Wildman–Crippen MR) is 200 cm³/mol. The lowest BCUT2D eigenvalue weighted by atomic mass is 9.80. The van der Waals surface area contributed by atoms with E-state index in [9.17, 15) is 360 Å². The van der Waals surface area contributed by atoms with E-state index in [1.807, 2.05) is 0 Å². The van der Waals surface area contributed by atoms with E-state index in [4.69, 9.17) is 0 Å². The van der Waals surface area contributed by atoms with E-state index in [1.54, 1.807) is 0 Å². The van der Waals surface area contributed by atoms with Gasteiger partial charge >= 0.3 is 237 Å². The van der Waals surface area contributed by atoms with Crippen LogP contribution in [0.15, 0.2) is 0 Å². The Hall–Kier alpha value is -5.74. The van der Waals surface area contributed by atoms with Gasteiger partial charge in [0, 0.05) is 0 Å². The fourth-order valence-corrected chi connectivity index (χ4v) is 7.45. The van der Waals surface area contributed by atoms with Gasteiger partial charge in [-0.25, -0.2) is 0 Å². The van der Waals surface area contributed by atoms with Gasteiger partial charge in [-0.3, -0.25) is 0 Å². The summed E-state index contributed by atoms with van der Waals surface area (Å²) < 4.78 is 1140. The Bertz CT molecular complexity index is 3390. The topological polar surface area (TPSA) is 0 Å². The van der Waals surface area contributed by atoms with Crippen molar-refractivity contribution >= 4 is 0 Å². The summed E-state index contributed by atoms with van der Waals surface area (Å²) in [6, 6.07) is 0. The molecule has 0 heterocycles. The third-order valence-electron chi connectivity index (χ3n) is 15.3. The van der Waals surface area contributed by atoms with E-state index in [-0.39, 0.29) is 0 Å². The van der Waals surface area contributed by atoms with E-state index in [2.05, 4.69) is 0 Å². The van der Waals surface area contributed by atoms with Crippen LogP contribution in [0.3, 0.4) is 0 Å². The minimum absolute atomic E-state index is 8.82. The van der Waals surface area contributed by atoms with E-state index in [0.717, 1.165) is 0 Å².